The lowest BCUT2D eigenvalue weighted by Gasteiger charge is -2.08. The van der Waals surface area contributed by atoms with Crippen molar-refractivity contribution in [1.82, 2.24) is 19.7 Å². The third kappa shape index (κ3) is 5.49. The molecule has 0 atom stereocenters. The van der Waals surface area contributed by atoms with Gasteiger partial charge in [0.1, 0.15) is 23.2 Å². The standard InChI is InChI=1S/C19H20ClN5O2S2/c20-13-3-5-15(6-4-13)27-9-17-22-14(10-28-17)11-29-19-24-23-18(12-1-2-12)25(19)8-7-16(21)26/h3-6,10,12H,1-2,7-9,11H2,(H2,21,26). The van der Waals surface area contributed by atoms with Crippen molar-refractivity contribution in [2.24, 2.45) is 5.73 Å². The lowest BCUT2D eigenvalue weighted by atomic mass is 10.3. The topological polar surface area (TPSA) is 95.9 Å². The number of hydrogen-bond donors (Lipinski definition) is 1. The molecule has 0 saturated heterocycles. The number of nitrogens with two attached hydrogens (primary N) is 1. The maximum absolute atomic E-state index is 11.2. The molecule has 152 valence electrons. The van der Waals surface area contributed by atoms with E-state index in [9.17, 15) is 4.79 Å². The molecule has 2 N–H and O–H groups in total. The predicted octanol–water partition coefficient (Wildman–Crippen LogP) is 4.01. The Balaban J connectivity index is 1.34. The largest absolute Gasteiger partial charge is 0.486 e. The summed E-state index contributed by atoms with van der Waals surface area (Å²) in [6.45, 7) is 0.936. The Morgan fingerprint density at radius 1 is 1.31 bits per heavy atom. The van der Waals surface area contributed by atoms with Gasteiger partial charge in [-0.2, -0.15) is 0 Å². The first-order valence-corrected chi connectivity index (χ1v) is 11.5. The van der Waals surface area contributed by atoms with Gasteiger partial charge in [-0.3, -0.25) is 4.79 Å². The van der Waals surface area contributed by atoms with Crippen LogP contribution in [-0.2, 0) is 23.7 Å². The number of carbonyl (C=O) groups is 1. The Morgan fingerprint density at radius 2 is 2.10 bits per heavy atom. The molecule has 0 bridgehead atoms. The second kappa shape index (κ2) is 9.15. The molecular formula is C19H20ClN5O2S2. The minimum atomic E-state index is -0.318. The number of halogens is 1. The number of benzene rings is 1. The maximum Gasteiger partial charge on any atom is 0.219 e. The molecule has 1 saturated carbocycles. The summed E-state index contributed by atoms with van der Waals surface area (Å²) in [5.74, 6) is 2.54. The summed E-state index contributed by atoms with van der Waals surface area (Å²) in [5, 5.41) is 13.1. The Labute approximate surface area is 181 Å². The van der Waals surface area contributed by atoms with Crippen LogP contribution in [0.3, 0.4) is 0 Å². The van der Waals surface area contributed by atoms with Crippen LogP contribution < -0.4 is 10.5 Å². The van der Waals surface area contributed by atoms with Gasteiger partial charge < -0.3 is 15.0 Å². The van der Waals surface area contributed by atoms with Gasteiger partial charge in [0.05, 0.1) is 5.69 Å². The number of primary amides is 1. The van der Waals surface area contributed by atoms with Gasteiger partial charge in [-0.1, -0.05) is 23.4 Å². The second-order valence-corrected chi connectivity index (χ2v) is 9.07. The molecule has 0 unspecified atom stereocenters. The highest BCUT2D eigenvalue weighted by molar-refractivity contribution is 7.98. The van der Waals surface area contributed by atoms with Gasteiger partial charge in [-0.15, -0.1) is 21.5 Å². The van der Waals surface area contributed by atoms with Crippen molar-refractivity contribution in [2.75, 3.05) is 0 Å². The summed E-state index contributed by atoms with van der Waals surface area (Å²) in [6, 6.07) is 7.27. The van der Waals surface area contributed by atoms with E-state index in [-0.39, 0.29) is 12.3 Å². The second-order valence-electron chi connectivity index (χ2n) is 6.75. The molecule has 1 fully saturated rings. The van der Waals surface area contributed by atoms with Crippen molar-refractivity contribution in [3.63, 3.8) is 0 Å². The van der Waals surface area contributed by atoms with Crippen LogP contribution in [0.5, 0.6) is 5.75 Å². The van der Waals surface area contributed by atoms with Crippen molar-refractivity contribution < 1.29 is 9.53 Å². The van der Waals surface area contributed by atoms with Gasteiger partial charge in [0.25, 0.3) is 0 Å². The Kier molecular flexibility index (Phi) is 6.37. The van der Waals surface area contributed by atoms with Crippen molar-refractivity contribution in [3.8, 4) is 5.75 Å². The normalized spacial score (nSPS) is 13.6. The number of carbonyl (C=O) groups excluding carboxylic acids is 1. The molecule has 1 aliphatic rings. The molecule has 1 amide bonds. The molecule has 0 spiro atoms. The van der Waals surface area contributed by atoms with Crippen LogP contribution in [0.25, 0.3) is 0 Å². The predicted molar refractivity (Wildman–Crippen MR) is 113 cm³/mol. The summed E-state index contributed by atoms with van der Waals surface area (Å²) in [6.07, 6.45) is 2.54. The van der Waals surface area contributed by atoms with Gasteiger partial charge in [0, 0.05) is 35.0 Å². The number of rotatable bonds is 10. The van der Waals surface area contributed by atoms with Gasteiger partial charge in [0.2, 0.25) is 5.91 Å². The van der Waals surface area contributed by atoms with Crippen LogP contribution in [0.1, 0.15) is 41.7 Å². The lowest BCUT2D eigenvalue weighted by molar-refractivity contribution is -0.118. The monoisotopic (exact) mass is 449 g/mol. The van der Waals surface area contributed by atoms with Crippen LogP contribution in [0.2, 0.25) is 5.02 Å². The zero-order valence-corrected chi connectivity index (χ0v) is 18.0. The zero-order valence-electron chi connectivity index (χ0n) is 15.6. The van der Waals surface area contributed by atoms with Gasteiger partial charge in [-0.25, -0.2) is 4.98 Å². The number of thiazole rings is 1. The Bertz CT molecular complexity index is 985. The summed E-state index contributed by atoms with van der Waals surface area (Å²) < 4.78 is 7.78. The van der Waals surface area contributed by atoms with Gasteiger partial charge in [0.15, 0.2) is 5.16 Å². The van der Waals surface area contributed by atoms with E-state index in [0.29, 0.717) is 29.8 Å². The Hall–Kier alpha value is -2.10. The molecule has 1 aliphatic carbocycles. The molecule has 3 aromatic rings. The fourth-order valence-electron chi connectivity index (χ4n) is 2.78. The molecule has 0 aliphatic heterocycles. The number of ether oxygens (including phenoxy) is 1. The van der Waals surface area contributed by atoms with E-state index < -0.39 is 0 Å². The van der Waals surface area contributed by atoms with E-state index in [0.717, 1.165) is 40.3 Å². The highest BCUT2D eigenvalue weighted by atomic mass is 35.5. The third-order valence-corrected chi connectivity index (χ3v) is 6.52. The van der Waals surface area contributed by atoms with E-state index in [4.69, 9.17) is 22.1 Å². The van der Waals surface area contributed by atoms with E-state index in [1.165, 1.54) is 0 Å². The third-order valence-electron chi connectivity index (χ3n) is 4.39. The number of aromatic nitrogens is 4. The number of nitrogens with zero attached hydrogens (tertiary/aromatic N) is 4. The van der Waals surface area contributed by atoms with Crippen molar-refractivity contribution >= 4 is 40.6 Å². The molecule has 29 heavy (non-hydrogen) atoms. The highest BCUT2D eigenvalue weighted by Gasteiger charge is 2.30. The summed E-state index contributed by atoms with van der Waals surface area (Å²) in [7, 11) is 0. The van der Waals surface area contributed by atoms with Crippen LogP contribution in [0.4, 0.5) is 0 Å². The average Bonchev–Trinajstić information content (AvgIpc) is 3.31. The van der Waals surface area contributed by atoms with E-state index in [1.54, 1.807) is 35.2 Å². The number of thioether (sulfide) groups is 1. The highest BCUT2D eigenvalue weighted by Crippen LogP contribution is 2.40. The van der Waals surface area contributed by atoms with Crippen LogP contribution in [0.15, 0.2) is 34.8 Å². The number of amides is 1. The van der Waals surface area contributed by atoms with Crippen LogP contribution in [0, 0.1) is 0 Å². The maximum atomic E-state index is 11.2. The Morgan fingerprint density at radius 3 is 2.83 bits per heavy atom. The molecular weight excluding hydrogens is 430 g/mol. The fourth-order valence-corrected chi connectivity index (χ4v) is 4.58. The number of hydrogen-bond acceptors (Lipinski definition) is 7. The molecule has 2 heterocycles. The summed E-state index contributed by atoms with van der Waals surface area (Å²) in [4.78, 5) is 15.8. The van der Waals surface area contributed by atoms with E-state index in [1.807, 2.05) is 22.1 Å². The van der Waals surface area contributed by atoms with Crippen LogP contribution in [-0.4, -0.2) is 25.7 Å². The van der Waals surface area contributed by atoms with E-state index >= 15 is 0 Å². The molecule has 1 aromatic carbocycles. The molecule has 4 rings (SSSR count). The van der Waals surface area contributed by atoms with Crippen molar-refractivity contribution in [2.45, 2.75) is 49.2 Å². The molecule has 7 nitrogen and oxygen atoms in total. The SMILES string of the molecule is NC(=O)CCn1c(SCc2csc(COc3ccc(Cl)cc3)n2)nnc1C1CC1. The summed E-state index contributed by atoms with van der Waals surface area (Å²) >= 11 is 9.02. The van der Waals surface area contributed by atoms with Gasteiger partial charge in [-0.05, 0) is 37.1 Å². The first kappa shape index (κ1) is 20.2. The lowest BCUT2D eigenvalue weighted by Crippen LogP contribution is -2.15. The minimum absolute atomic E-state index is 0.286. The molecule has 0 radical (unpaired) electrons. The van der Waals surface area contributed by atoms with E-state index in [2.05, 4.69) is 15.2 Å². The zero-order chi connectivity index (χ0) is 20.2. The summed E-state index contributed by atoms with van der Waals surface area (Å²) in [5.41, 5.74) is 6.28. The quantitative estimate of drug-likeness (QED) is 0.470. The van der Waals surface area contributed by atoms with Crippen molar-refractivity contribution in [1.29, 1.82) is 0 Å². The van der Waals surface area contributed by atoms with Crippen LogP contribution >= 0.6 is 34.7 Å². The average molecular weight is 450 g/mol. The fraction of sp³-hybridized carbons (Fsp3) is 0.368. The first-order chi connectivity index (χ1) is 14.1. The molecule has 2 aromatic heterocycles. The van der Waals surface area contributed by atoms with Gasteiger partial charge >= 0.3 is 0 Å². The smallest absolute Gasteiger partial charge is 0.219 e. The first-order valence-electron chi connectivity index (χ1n) is 9.24. The minimum Gasteiger partial charge on any atom is -0.486 e. The van der Waals surface area contributed by atoms with Crippen molar-refractivity contribution in [3.05, 3.63) is 51.2 Å². The molecule has 10 heteroatoms.